The number of rotatable bonds is 3. The Kier molecular flexibility index (Phi) is 3.33. The van der Waals surface area contributed by atoms with E-state index in [1.807, 2.05) is 30.9 Å². The summed E-state index contributed by atoms with van der Waals surface area (Å²) in [4.78, 5) is 9.49. The van der Waals surface area contributed by atoms with Crippen LogP contribution in [0.25, 0.3) is 0 Å². The Morgan fingerprint density at radius 3 is 3.00 bits per heavy atom. The minimum atomic E-state index is 0.777. The van der Waals surface area contributed by atoms with Gasteiger partial charge < -0.3 is 5.32 Å². The van der Waals surface area contributed by atoms with Crippen LogP contribution in [0.1, 0.15) is 10.4 Å². The predicted molar refractivity (Wildman–Crippen MR) is 66.1 cm³/mol. The van der Waals surface area contributed by atoms with Crippen molar-refractivity contribution in [3.63, 3.8) is 0 Å². The van der Waals surface area contributed by atoms with Crippen LogP contribution in [0.4, 0.5) is 5.82 Å². The van der Waals surface area contributed by atoms with Gasteiger partial charge in [-0.25, -0.2) is 4.98 Å². The normalized spacial score (nSPS) is 10.3. The molecule has 5 heteroatoms. The van der Waals surface area contributed by atoms with Gasteiger partial charge in [-0.1, -0.05) is 0 Å². The van der Waals surface area contributed by atoms with Crippen LogP contribution in [0, 0.1) is 6.92 Å². The van der Waals surface area contributed by atoms with E-state index in [1.54, 1.807) is 11.3 Å². The van der Waals surface area contributed by atoms with Gasteiger partial charge in [0.2, 0.25) is 0 Å². The number of aromatic nitrogens is 2. The van der Waals surface area contributed by atoms with Gasteiger partial charge in [0.05, 0.1) is 12.1 Å². The van der Waals surface area contributed by atoms with Crippen LogP contribution in [0.5, 0.6) is 0 Å². The van der Waals surface area contributed by atoms with Crippen LogP contribution in [-0.4, -0.2) is 9.97 Å². The number of thiazole rings is 1. The van der Waals surface area contributed by atoms with Crippen molar-refractivity contribution in [1.82, 2.24) is 9.97 Å². The summed E-state index contributed by atoms with van der Waals surface area (Å²) in [6.07, 6.45) is 3.67. The molecular weight excluding hydrogens is 274 g/mol. The summed E-state index contributed by atoms with van der Waals surface area (Å²) in [5.74, 6) is 0.893. The Balaban J connectivity index is 2.02. The molecule has 2 aromatic heterocycles. The molecule has 0 aromatic carbocycles. The molecule has 0 amide bonds. The van der Waals surface area contributed by atoms with Gasteiger partial charge >= 0.3 is 0 Å². The maximum Gasteiger partial charge on any atom is 0.126 e. The molecule has 0 atom stereocenters. The fourth-order valence-corrected chi connectivity index (χ4v) is 1.89. The van der Waals surface area contributed by atoms with E-state index in [2.05, 4.69) is 31.2 Å². The Bertz CT molecular complexity index is 442. The highest BCUT2D eigenvalue weighted by Crippen LogP contribution is 2.18. The molecule has 3 nitrogen and oxygen atoms in total. The number of hydrogen-bond donors (Lipinski definition) is 1. The maximum atomic E-state index is 4.26. The Morgan fingerprint density at radius 2 is 2.33 bits per heavy atom. The molecule has 15 heavy (non-hydrogen) atoms. The van der Waals surface area contributed by atoms with Gasteiger partial charge in [-0.05, 0) is 34.5 Å². The lowest BCUT2D eigenvalue weighted by atomic mass is 10.3. The van der Waals surface area contributed by atoms with Gasteiger partial charge in [0, 0.05) is 21.7 Å². The van der Waals surface area contributed by atoms with E-state index in [-0.39, 0.29) is 0 Å². The molecule has 1 N–H and O–H groups in total. The number of nitrogens with one attached hydrogen (secondary N) is 1. The zero-order valence-electron chi connectivity index (χ0n) is 8.20. The molecule has 0 spiro atoms. The SMILES string of the molecule is Cc1cc(NCc2cncs2)ncc1Br. The minimum absolute atomic E-state index is 0.777. The minimum Gasteiger partial charge on any atom is -0.365 e. The maximum absolute atomic E-state index is 4.26. The van der Waals surface area contributed by atoms with Gasteiger partial charge in [0.25, 0.3) is 0 Å². The lowest BCUT2D eigenvalue weighted by molar-refractivity contribution is 1.12. The molecule has 0 radical (unpaired) electrons. The molecule has 0 unspecified atom stereocenters. The molecule has 0 fully saturated rings. The van der Waals surface area contributed by atoms with E-state index in [0.717, 1.165) is 16.8 Å². The molecular formula is C10H10BrN3S. The average molecular weight is 284 g/mol. The van der Waals surface area contributed by atoms with Crippen molar-refractivity contribution in [3.8, 4) is 0 Å². The van der Waals surface area contributed by atoms with Crippen molar-refractivity contribution in [3.05, 3.63) is 38.9 Å². The third kappa shape index (κ3) is 2.76. The van der Waals surface area contributed by atoms with Gasteiger partial charge in [-0.2, -0.15) is 0 Å². The first-order valence-electron chi connectivity index (χ1n) is 4.49. The predicted octanol–water partition coefficient (Wildman–Crippen LogP) is 3.22. The molecule has 0 saturated heterocycles. The molecule has 0 aliphatic heterocycles. The second kappa shape index (κ2) is 4.72. The smallest absolute Gasteiger partial charge is 0.126 e. The quantitative estimate of drug-likeness (QED) is 0.940. The van der Waals surface area contributed by atoms with E-state index in [1.165, 1.54) is 10.4 Å². The summed E-state index contributed by atoms with van der Waals surface area (Å²) in [5, 5.41) is 3.25. The zero-order valence-corrected chi connectivity index (χ0v) is 10.6. The first kappa shape index (κ1) is 10.6. The fourth-order valence-electron chi connectivity index (χ4n) is 1.14. The van der Waals surface area contributed by atoms with Crippen molar-refractivity contribution < 1.29 is 0 Å². The highest BCUT2D eigenvalue weighted by atomic mass is 79.9. The van der Waals surface area contributed by atoms with Crippen molar-refractivity contribution in [1.29, 1.82) is 0 Å². The zero-order chi connectivity index (χ0) is 10.7. The lowest BCUT2D eigenvalue weighted by Crippen LogP contribution is -1.99. The number of anilines is 1. The van der Waals surface area contributed by atoms with Crippen LogP contribution in [0.15, 0.2) is 28.4 Å². The van der Waals surface area contributed by atoms with E-state index < -0.39 is 0 Å². The molecule has 2 aromatic rings. The molecule has 0 bridgehead atoms. The molecule has 0 aliphatic rings. The summed E-state index contributed by atoms with van der Waals surface area (Å²) in [6.45, 7) is 2.82. The van der Waals surface area contributed by atoms with Crippen molar-refractivity contribution in [2.75, 3.05) is 5.32 Å². The number of pyridine rings is 1. The van der Waals surface area contributed by atoms with Crippen molar-refractivity contribution in [2.45, 2.75) is 13.5 Å². The Hall–Kier alpha value is -0.940. The number of hydrogen-bond acceptors (Lipinski definition) is 4. The van der Waals surface area contributed by atoms with Gasteiger partial charge in [-0.3, -0.25) is 4.98 Å². The van der Waals surface area contributed by atoms with Crippen molar-refractivity contribution in [2.24, 2.45) is 0 Å². The van der Waals surface area contributed by atoms with E-state index in [4.69, 9.17) is 0 Å². The first-order chi connectivity index (χ1) is 7.25. The Morgan fingerprint density at radius 1 is 1.47 bits per heavy atom. The van der Waals surface area contributed by atoms with E-state index in [0.29, 0.717) is 0 Å². The fraction of sp³-hybridized carbons (Fsp3) is 0.200. The highest BCUT2D eigenvalue weighted by Gasteiger charge is 1.99. The number of aryl methyl sites for hydroxylation is 1. The largest absolute Gasteiger partial charge is 0.365 e. The second-order valence-electron chi connectivity index (χ2n) is 3.14. The van der Waals surface area contributed by atoms with Crippen LogP contribution < -0.4 is 5.32 Å². The monoisotopic (exact) mass is 283 g/mol. The van der Waals surface area contributed by atoms with E-state index in [9.17, 15) is 0 Å². The van der Waals surface area contributed by atoms with Crippen LogP contribution in [-0.2, 0) is 6.54 Å². The standard InChI is InChI=1S/C10H10BrN3S/c1-7-2-10(14-5-9(7)11)13-4-8-3-12-6-15-8/h2-3,5-6H,4H2,1H3,(H,13,14). The third-order valence-electron chi connectivity index (χ3n) is 1.97. The number of halogens is 1. The Labute approximate surface area is 101 Å². The van der Waals surface area contributed by atoms with Gasteiger partial charge in [0.1, 0.15) is 5.82 Å². The molecule has 2 rings (SSSR count). The highest BCUT2D eigenvalue weighted by molar-refractivity contribution is 9.10. The molecule has 78 valence electrons. The summed E-state index contributed by atoms with van der Waals surface area (Å²) < 4.78 is 1.03. The van der Waals surface area contributed by atoms with Crippen LogP contribution in [0.3, 0.4) is 0 Å². The topological polar surface area (TPSA) is 37.8 Å². The third-order valence-corrected chi connectivity index (χ3v) is 3.58. The summed E-state index contributed by atoms with van der Waals surface area (Å²) in [6, 6.07) is 2.02. The van der Waals surface area contributed by atoms with Crippen LogP contribution in [0.2, 0.25) is 0 Å². The summed E-state index contributed by atoms with van der Waals surface area (Å²) >= 11 is 5.06. The molecule has 0 aliphatic carbocycles. The molecule has 2 heterocycles. The first-order valence-corrected chi connectivity index (χ1v) is 6.16. The van der Waals surface area contributed by atoms with Crippen molar-refractivity contribution >= 4 is 33.1 Å². The van der Waals surface area contributed by atoms with E-state index >= 15 is 0 Å². The number of nitrogens with zero attached hydrogens (tertiary/aromatic N) is 2. The second-order valence-corrected chi connectivity index (χ2v) is 4.97. The van der Waals surface area contributed by atoms with Crippen LogP contribution >= 0.6 is 27.3 Å². The molecule has 0 saturated carbocycles. The summed E-state index contributed by atoms with van der Waals surface area (Å²) in [5.41, 5.74) is 3.01. The van der Waals surface area contributed by atoms with Gasteiger partial charge in [0.15, 0.2) is 0 Å². The van der Waals surface area contributed by atoms with Gasteiger partial charge in [-0.15, -0.1) is 11.3 Å². The average Bonchev–Trinajstić information content (AvgIpc) is 2.73. The summed E-state index contributed by atoms with van der Waals surface area (Å²) in [7, 11) is 0. The lowest BCUT2D eigenvalue weighted by Gasteiger charge is -2.05.